The molecule has 0 aliphatic carbocycles. The molecule has 0 bridgehead atoms. The number of para-hydroxylation sites is 2. The van der Waals surface area contributed by atoms with Crippen molar-refractivity contribution < 1.29 is 14.5 Å². The van der Waals surface area contributed by atoms with E-state index in [4.69, 9.17) is 10.1 Å². The summed E-state index contributed by atoms with van der Waals surface area (Å²) < 4.78 is 5.62. The molecule has 26 heavy (non-hydrogen) atoms. The lowest BCUT2D eigenvalue weighted by molar-refractivity contribution is -0.385. The highest BCUT2D eigenvalue weighted by molar-refractivity contribution is 9.10. The predicted octanol–water partition coefficient (Wildman–Crippen LogP) is 4.42. The average molecular weight is 434 g/mol. The van der Waals surface area contributed by atoms with Crippen molar-refractivity contribution in [3.8, 4) is 5.75 Å². The van der Waals surface area contributed by atoms with Gasteiger partial charge in [-0.05, 0) is 57.5 Å². The lowest BCUT2D eigenvalue weighted by atomic mass is 10.2. The molecule has 0 unspecified atom stereocenters. The lowest BCUT2D eigenvalue weighted by Gasteiger charge is -2.17. The summed E-state index contributed by atoms with van der Waals surface area (Å²) in [7, 11) is 1.49. The van der Waals surface area contributed by atoms with Crippen molar-refractivity contribution in [3.63, 3.8) is 0 Å². The number of nitrogens with one attached hydrogen (secondary N) is 1. The molecule has 1 saturated heterocycles. The molecule has 0 radical (unpaired) electrons. The molecule has 2 aromatic rings. The first-order chi connectivity index (χ1) is 12.4. The second-order valence-corrected chi connectivity index (χ2v) is 7.08. The van der Waals surface area contributed by atoms with Crippen LogP contribution in [0.25, 0.3) is 6.08 Å². The highest BCUT2D eigenvalue weighted by atomic mass is 79.9. The molecule has 0 atom stereocenters. The quantitative estimate of drug-likeness (QED) is 0.437. The number of nitro benzene ring substituents is 1. The molecule has 0 spiro atoms. The number of methoxy groups -OCH3 is 1. The second-order valence-electron chi connectivity index (χ2n) is 5.20. The zero-order valence-electron chi connectivity index (χ0n) is 13.4. The number of ether oxygens (including phenoxy) is 1. The number of amides is 1. The normalized spacial score (nSPS) is 15.6. The van der Waals surface area contributed by atoms with E-state index in [0.717, 1.165) is 11.8 Å². The third kappa shape index (κ3) is 3.35. The highest BCUT2D eigenvalue weighted by Gasteiger charge is 2.35. The van der Waals surface area contributed by atoms with Gasteiger partial charge < -0.3 is 4.74 Å². The van der Waals surface area contributed by atoms with Gasteiger partial charge in [-0.25, -0.2) is 0 Å². The first kappa shape index (κ1) is 18.2. The average Bonchev–Trinajstić information content (AvgIpc) is 2.89. The van der Waals surface area contributed by atoms with Crippen molar-refractivity contribution in [1.29, 1.82) is 5.41 Å². The first-order valence-electron chi connectivity index (χ1n) is 7.32. The zero-order chi connectivity index (χ0) is 18.8. The van der Waals surface area contributed by atoms with Crippen LogP contribution in [0.3, 0.4) is 0 Å². The van der Waals surface area contributed by atoms with Gasteiger partial charge in [0.05, 0.1) is 27.1 Å². The van der Waals surface area contributed by atoms with Crippen LogP contribution in [0, 0.1) is 15.5 Å². The molecule has 0 saturated carbocycles. The summed E-state index contributed by atoms with van der Waals surface area (Å²) in [6, 6.07) is 11.5. The molecular formula is C17H12BrN3O4S. The number of nitrogens with zero attached hydrogens (tertiary/aromatic N) is 2. The third-order valence-electron chi connectivity index (χ3n) is 3.61. The molecule has 1 heterocycles. The van der Waals surface area contributed by atoms with Gasteiger partial charge >= 0.3 is 0 Å². The predicted molar refractivity (Wildman–Crippen MR) is 105 cm³/mol. The van der Waals surface area contributed by atoms with E-state index in [2.05, 4.69) is 15.9 Å². The molecule has 9 heteroatoms. The number of nitro groups is 1. The monoisotopic (exact) mass is 433 g/mol. The van der Waals surface area contributed by atoms with Crippen LogP contribution < -0.4 is 9.64 Å². The number of hydrogen-bond donors (Lipinski definition) is 1. The number of rotatable bonds is 4. The fourth-order valence-electron chi connectivity index (χ4n) is 2.43. The summed E-state index contributed by atoms with van der Waals surface area (Å²) in [5.41, 5.74) is 0.888. The Hall–Kier alpha value is -2.65. The Morgan fingerprint density at radius 1 is 1.31 bits per heavy atom. The molecular weight excluding hydrogens is 422 g/mol. The molecule has 7 nitrogen and oxygen atoms in total. The molecule has 1 aliphatic rings. The van der Waals surface area contributed by atoms with Gasteiger partial charge in [-0.2, -0.15) is 0 Å². The highest BCUT2D eigenvalue weighted by Crippen LogP contribution is 2.39. The molecule has 1 N–H and O–H groups in total. The smallest absolute Gasteiger partial charge is 0.284 e. The zero-order valence-corrected chi connectivity index (χ0v) is 15.8. The Morgan fingerprint density at radius 2 is 2.04 bits per heavy atom. The summed E-state index contributed by atoms with van der Waals surface area (Å²) in [5.74, 6) is 0.0989. The number of carbonyl (C=O) groups is 1. The molecule has 1 aliphatic heterocycles. The van der Waals surface area contributed by atoms with Gasteiger partial charge in [-0.1, -0.05) is 18.2 Å². The number of anilines is 1. The first-order valence-corrected chi connectivity index (χ1v) is 8.93. The van der Waals surface area contributed by atoms with Crippen molar-refractivity contribution in [1.82, 2.24) is 0 Å². The van der Waals surface area contributed by atoms with Gasteiger partial charge in [-0.3, -0.25) is 25.2 Å². The minimum Gasteiger partial charge on any atom is -0.495 e. The Labute approximate surface area is 161 Å². The van der Waals surface area contributed by atoms with Gasteiger partial charge in [0.2, 0.25) is 0 Å². The Morgan fingerprint density at radius 3 is 2.73 bits per heavy atom. The number of amidine groups is 1. The lowest BCUT2D eigenvalue weighted by Crippen LogP contribution is -2.28. The maximum Gasteiger partial charge on any atom is 0.284 e. The van der Waals surface area contributed by atoms with E-state index in [-0.39, 0.29) is 16.8 Å². The van der Waals surface area contributed by atoms with Crippen molar-refractivity contribution in [2.24, 2.45) is 0 Å². The number of hydrogen-bond acceptors (Lipinski definition) is 6. The third-order valence-corrected chi connectivity index (χ3v) is 5.17. The van der Waals surface area contributed by atoms with Crippen LogP contribution in [0.5, 0.6) is 5.75 Å². The van der Waals surface area contributed by atoms with E-state index >= 15 is 0 Å². The van der Waals surface area contributed by atoms with Gasteiger partial charge in [0.1, 0.15) is 5.75 Å². The molecule has 132 valence electrons. The maximum atomic E-state index is 12.8. The molecule has 3 rings (SSSR count). The molecule has 2 aromatic carbocycles. The van der Waals surface area contributed by atoms with E-state index in [1.165, 1.54) is 24.2 Å². The van der Waals surface area contributed by atoms with Gasteiger partial charge in [0, 0.05) is 6.07 Å². The topological polar surface area (TPSA) is 96.5 Å². The Bertz CT molecular complexity index is 961. The van der Waals surface area contributed by atoms with Crippen molar-refractivity contribution >= 4 is 56.2 Å². The standard InChI is InChI=1S/C17H12BrN3O4S/c1-25-14-5-3-2-4-12(14)20-16(22)15(26-17(20)19)9-10-6-7-11(18)13(8-10)21(23)24/h2-9,19H,1H3/b15-9-,19-17?. The van der Waals surface area contributed by atoms with Crippen LogP contribution in [-0.2, 0) is 4.79 Å². The number of halogens is 1. The van der Waals surface area contributed by atoms with Crippen LogP contribution in [0.2, 0.25) is 0 Å². The van der Waals surface area contributed by atoms with Crippen LogP contribution in [0.15, 0.2) is 51.8 Å². The minimum atomic E-state index is -0.501. The fourth-order valence-corrected chi connectivity index (χ4v) is 3.68. The molecule has 0 aromatic heterocycles. The van der Waals surface area contributed by atoms with Gasteiger partial charge in [0.15, 0.2) is 5.17 Å². The van der Waals surface area contributed by atoms with Crippen molar-refractivity contribution in [2.75, 3.05) is 12.0 Å². The number of benzene rings is 2. The van der Waals surface area contributed by atoms with E-state index in [9.17, 15) is 14.9 Å². The number of carbonyl (C=O) groups excluding carboxylic acids is 1. The van der Waals surface area contributed by atoms with Crippen molar-refractivity contribution in [3.05, 3.63) is 67.5 Å². The Kier molecular flexibility index (Phi) is 5.10. The minimum absolute atomic E-state index is 0.0392. The van der Waals surface area contributed by atoms with E-state index in [1.54, 1.807) is 36.4 Å². The van der Waals surface area contributed by atoms with E-state index < -0.39 is 4.92 Å². The van der Waals surface area contributed by atoms with E-state index in [0.29, 0.717) is 26.4 Å². The SMILES string of the molecule is COc1ccccc1N1C(=N)S/C(=C\c2ccc(Br)c([N+](=O)[O-])c2)C1=O. The van der Waals surface area contributed by atoms with Crippen molar-refractivity contribution in [2.45, 2.75) is 0 Å². The van der Waals surface area contributed by atoms with Crippen LogP contribution in [-0.4, -0.2) is 23.1 Å². The van der Waals surface area contributed by atoms with Crippen LogP contribution >= 0.6 is 27.7 Å². The summed E-state index contributed by atoms with van der Waals surface area (Å²) >= 11 is 4.12. The summed E-state index contributed by atoms with van der Waals surface area (Å²) in [6.45, 7) is 0. The largest absolute Gasteiger partial charge is 0.495 e. The summed E-state index contributed by atoms with van der Waals surface area (Å²) in [6.07, 6.45) is 1.54. The van der Waals surface area contributed by atoms with E-state index in [1.807, 2.05) is 0 Å². The fraction of sp³-hybridized carbons (Fsp3) is 0.0588. The van der Waals surface area contributed by atoms with Crippen LogP contribution in [0.1, 0.15) is 5.56 Å². The number of thioether (sulfide) groups is 1. The summed E-state index contributed by atoms with van der Waals surface area (Å²) in [4.78, 5) is 24.9. The van der Waals surface area contributed by atoms with Gasteiger partial charge in [0.25, 0.3) is 11.6 Å². The maximum absolute atomic E-state index is 12.8. The summed E-state index contributed by atoms with van der Waals surface area (Å²) in [5, 5.41) is 19.2. The molecule has 1 amide bonds. The molecule has 1 fully saturated rings. The van der Waals surface area contributed by atoms with Gasteiger partial charge in [-0.15, -0.1) is 0 Å². The second kappa shape index (κ2) is 7.30. The Balaban J connectivity index is 1.98. The van der Waals surface area contributed by atoms with Crippen LogP contribution in [0.4, 0.5) is 11.4 Å².